The van der Waals surface area contributed by atoms with Crippen LogP contribution in [0.25, 0.3) is 10.9 Å². The monoisotopic (exact) mass is 471 g/mol. The molecule has 2 aromatic rings. The van der Waals surface area contributed by atoms with Crippen LogP contribution in [-0.4, -0.2) is 29.2 Å². The molecule has 4 fully saturated rings. The Morgan fingerprint density at radius 2 is 1.73 bits per heavy atom. The topological polar surface area (TPSA) is 54.0 Å². The van der Waals surface area contributed by atoms with Crippen LogP contribution in [0.5, 0.6) is 0 Å². The minimum absolute atomic E-state index is 0.190. The summed E-state index contributed by atoms with van der Waals surface area (Å²) in [5, 5.41) is 0.735. The van der Waals surface area contributed by atoms with Gasteiger partial charge in [-0.25, -0.2) is 13.2 Å². The maximum atomic E-state index is 15.1. The Balaban J connectivity index is 1.41. The predicted molar refractivity (Wildman–Crippen MR) is 109 cm³/mol. The number of carbonyl (C=O) groups excluding carboxylic acids is 1. The molecule has 0 aliphatic heterocycles. The van der Waals surface area contributed by atoms with Gasteiger partial charge in [0, 0.05) is 17.0 Å². The summed E-state index contributed by atoms with van der Waals surface area (Å²) in [6.45, 7) is 0. The number of hydrazine groups is 1. The van der Waals surface area contributed by atoms with E-state index in [0.29, 0.717) is 30.5 Å². The number of amides is 1. The van der Waals surface area contributed by atoms with Crippen molar-refractivity contribution in [3.63, 3.8) is 0 Å². The lowest BCUT2D eigenvalue weighted by Gasteiger charge is -2.63. The summed E-state index contributed by atoms with van der Waals surface area (Å²) in [7, 11) is 0. The molecule has 1 heterocycles. The minimum atomic E-state index is -5.66. The molecule has 4 aliphatic rings. The number of halogens is 6. The van der Waals surface area contributed by atoms with Gasteiger partial charge in [0.1, 0.15) is 0 Å². The fourth-order valence-corrected chi connectivity index (χ4v) is 6.86. The molecule has 6 rings (SSSR count). The zero-order chi connectivity index (χ0) is 23.6. The second-order valence-electron chi connectivity index (χ2n) is 10.0. The Morgan fingerprint density at radius 1 is 1.03 bits per heavy atom. The van der Waals surface area contributed by atoms with E-state index in [1.807, 2.05) is 0 Å². The van der Waals surface area contributed by atoms with Gasteiger partial charge in [0.2, 0.25) is 5.91 Å². The number of hydrogen-bond acceptors (Lipinski definition) is 3. The van der Waals surface area contributed by atoms with Gasteiger partial charge < -0.3 is 0 Å². The molecular formula is C23H23F6N3O. The maximum absolute atomic E-state index is 15.1. The lowest BCUT2D eigenvalue weighted by atomic mass is 9.42. The van der Waals surface area contributed by atoms with Crippen molar-refractivity contribution in [1.82, 2.24) is 10.4 Å². The Hall–Kier alpha value is -2.52. The molecule has 10 heteroatoms. The number of aromatic nitrogens is 1. The van der Waals surface area contributed by atoms with Crippen LogP contribution in [0.3, 0.4) is 0 Å². The minimum Gasteiger partial charge on any atom is -0.298 e. The predicted octanol–water partition coefficient (Wildman–Crippen LogP) is 5.80. The van der Waals surface area contributed by atoms with E-state index < -0.39 is 41.4 Å². The molecule has 1 aromatic carbocycles. The number of pyridine rings is 1. The molecule has 1 amide bonds. The average molecular weight is 471 g/mol. The number of alkyl halides is 6. The molecule has 2 N–H and O–H groups in total. The van der Waals surface area contributed by atoms with Crippen molar-refractivity contribution in [2.45, 2.75) is 56.8 Å². The highest BCUT2D eigenvalue weighted by Gasteiger charge is 2.73. The van der Waals surface area contributed by atoms with Crippen LogP contribution in [0.2, 0.25) is 0 Å². The van der Waals surface area contributed by atoms with Gasteiger partial charge in [-0.3, -0.25) is 20.6 Å². The van der Waals surface area contributed by atoms with E-state index in [4.69, 9.17) is 0 Å². The standard InChI is InChI=1S/C23H23F6N3O/c24-18(23(27,28)29)22(25,26)21-10-13-7-14(11-21)9-20(8-13,12-21)19(33)32-31-17-5-1-4-16-15(17)3-2-6-30-16/h1-6,13-14,18,31H,7-12H2,(H,32,33). The highest BCUT2D eigenvalue weighted by Crippen LogP contribution is 2.70. The molecule has 3 atom stereocenters. The molecule has 178 valence electrons. The Labute approximate surface area is 186 Å². The van der Waals surface area contributed by atoms with Crippen LogP contribution < -0.4 is 10.9 Å². The van der Waals surface area contributed by atoms with E-state index >= 15 is 8.78 Å². The maximum Gasteiger partial charge on any atom is 0.425 e. The van der Waals surface area contributed by atoms with Gasteiger partial charge in [0.05, 0.1) is 16.6 Å². The van der Waals surface area contributed by atoms with Crippen LogP contribution in [0.1, 0.15) is 38.5 Å². The quantitative estimate of drug-likeness (QED) is 0.428. The molecule has 33 heavy (non-hydrogen) atoms. The molecule has 4 bridgehead atoms. The molecule has 0 saturated heterocycles. The van der Waals surface area contributed by atoms with E-state index in [1.165, 1.54) is 0 Å². The smallest absolute Gasteiger partial charge is 0.298 e. The molecular weight excluding hydrogens is 448 g/mol. The van der Waals surface area contributed by atoms with Crippen LogP contribution in [0, 0.1) is 22.7 Å². The van der Waals surface area contributed by atoms with Gasteiger partial charge in [-0.05, 0) is 74.6 Å². The number of carbonyl (C=O) groups is 1. The molecule has 1 aromatic heterocycles. The largest absolute Gasteiger partial charge is 0.425 e. The van der Waals surface area contributed by atoms with Crippen molar-refractivity contribution >= 4 is 22.5 Å². The zero-order valence-corrected chi connectivity index (χ0v) is 17.6. The van der Waals surface area contributed by atoms with Crippen LogP contribution in [0.4, 0.5) is 32.0 Å². The Morgan fingerprint density at radius 3 is 2.39 bits per heavy atom. The third-order valence-corrected chi connectivity index (χ3v) is 7.81. The van der Waals surface area contributed by atoms with Crippen LogP contribution in [0.15, 0.2) is 36.5 Å². The van der Waals surface area contributed by atoms with Crippen LogP contribution in [-0.2, 0) is 4.79 Å². The molecule has 4 nitrogen and oxygen atoms in total. The lowest BCUT2D eigenvalue weighted by Crippen LogP contribution is -2.65. The van der Waals surface area contributed by atoms with Crippen molar-refractivity contribution in [3.8, 4) is 0 Å². The first kappa shape index (κ1) is 22.3. The van der Waals surface area contributed by atoms with E-state index in [2.05, 4.69) is 15.8 Å². The average Bonchev–Trinajstić information content (AvgIpc) is 2.75. The number of anilines is 1. The normalized spacial score (nSPS) is 32.1. The second-order valence-corrected chi connectivity index (χ2v) is 10.0. The summed E-state index contributed by atoms with van der Waals surface area (Å²) < 4.78 is 83.1. The molecule has 3 unspecified atom stereocenters. The van der Waals surface area contributed by atoms with E-state index in [0.717, 1.165) is 5.39 Å². The van der Waals surface area contributed by atoms with Gasteiger partial charge in [0.15, 0.2) is 0 Å². The fraction of sp³-hybridized carbons (Fsp3) is 0.565. The second kappa shape index (κ2) is 7.24. The summed E-state index contributed by atoms with van der Waals surface area (Å²) in [5.41, 5.74) is 3.24. The van der Waals surface area contributed by atoms with Crippen molar-refractivity contribution in [2.75, 3.05) is 5.43 Å². The number of fused-ring (bicyclic) bond motifs is 1. The summed E-state index contributed by atoms with van der Waals surface area (Å²) >= 11 is 0. The van der Waals surface area contributed by atoms with Gasteiger partial charge >= 0.3 is 6.18 Å². The Kier molecular flexibility index (Phi) is 4.89. The third kappa shape index (κ3) is 3.44. The van der Waals surface area contributed by atoms with E-state index in [-0.39, 0.29) is 24.7 Å². The Bertz CT molecular complexity index is 1070. The van der Waals surface area contributed by atoms with Crippen molar-refractivity contribution in [2.24, 2.45) is 22.7 Å². The van der Waals surface area contributed by atoms with Crippen molar-refractivity contribution < 1.29 is 31.1 Å². The number of rotatable bonds is 5. The van der Waals surface area contributed by atoms with Crippen molar-refractivity contribution in [1.29, 1.82) is 0 Å². The van der Waals surface area contributed by atoms with E-state index in [9.17, 15) is 22.4 Å². The lowest BCUT2D eigenvalue weighted by molar-refractivity contribution is -0.305. The number of nitrogens with one attached hydrogen (secondary N) is 2. The molecule has 4 saturated carbocycles. The number of hydrogen-bond donors (Lipinski definition) is 2. The first-order valence-corrected chi connectivity index (χ1v) is 10.9. The summed E-state index contributed by atoms with van der Waals surface area (Å²) in [5.74, 6) is -5.79. The molecule has 4 aliphatic carbocycles. The third-order valence-electron chi connectivity index (χ3n) is 7.81. The summed E-state index contributed by atoms with van der Waals surface area (Å²) in [6, 6.07) is 8.78. The van der Waals surface area contributed by atoms with Gasteiger partial charge in [0.25, 0.3) is 12.1 Å². The molecule has 0 spiro atoms. The highest BCUT2D eigenvalue weighted by atomic mass is 19.4. The SMILES string of the molecule is O=C(NNc1cccc2ncccc12)C12CC3CC(C1)CC(C(F)(F)C(F)C(F)(F)F)(C3)C2. The molecule has 0 radical (unpaired) electrons. The van der Waals surface area contributed by atoms with Gasteiger partial charge in [-0.15, -0.1) is 0 Å². The fourth-order valence-electron chi connectivity index (χ4n) is 6.86. The van der Waals surface area contributed by atoms with Crippen molar-refractivity contribution in [3.05, 3.63) is 36.5 Å². The zero-order valence-electron chi connectivity index (χ0n) is 17.6. The van der Waals surface area contributed by atoms with Crippen LogP contribution >= 0.6 is 0 Å². The first-order chi connectivity index (χ1) is 15.5. The number of nitrogens with zero attached hydrogens (tertiary/aromatic N) is 1. The number of benzene rings is 1. The summed E-state index contributed by atoms with van der Waals surface area (Å²) in [4.78, 5) is 17.5. The highest BCUT2D eigenvalue weighted by molar-refractivity contribution is 5.92. The van der Waals surface area contributed by atoms with E-state index in [1.54, 1.807) is 36.5 Å². The van der Waals surface area contributed by atoms with Gasteiger partial charge in [-0.1, -0.05) is 6.07 Å². The van der Waals surface area contributed by atoms with Gasteiger partial charge in [-0.2, -0.15) is 13.2 Å². The summed E-state index contributed by atoms with van der Waals surface area (Å²) in [6.07, 6.45) is -7.91. The first-order valence-electron chi connectivity index (χ1n) is 10.9.